The second-order valence-electron chi connectivity index (χ2n) is 3.67. The van der Waals surface area contributed by atoms with E-state index in [1.165, 1.54) is 0 Å². The Morgan fingerprint density at radius 2 is 1.94 bits per heavy atom. The van der Waals surface area contributed by atoms with E-state index in [4.69, 9.17) is 11.0 Å². The van der Waals surface area contributed by atoms with Crippen molar-refractivity contribution in [1.29, 1.82) is 5.26 Å². The number of nitrogens with two attached hydrogens (primary N) is 1. The molecule has 1 aromatic heterocycles. The van der Waals surface area contributed by atoms with Crippen LogP contribution in [0.2, 0.25) is 0 Å². The molecule has 0 spiro atoms. The summed E-state index contributed by atoms with van der Waals surface area (Å²) in [5, 5.41) is 8.95. The largest absolute Gasteiger partial charge is 0.383 e. The minimum atomic E-state index is 0.283. The number of rotatable bonds is 1. The van der Waals surface area contributed by atoms with E-state index >= 15 is 0 Å². The van der Waals surface area contributed by atoms with Crippen LogP contribution in [0.4, 0.5) is 5.82 Å². The topological polar surface area (TPSA) is 62.7 Å². The van der Waals surface area contributed by atoms with Gasteiger partial charge in [0.15, 0.2) is 0 Å². The average Bonchev–Trinajstić information content (AvgIpc) is 2.31. The van der Waals surface area contributed by atoms with Crippen molar-refractivity contribution in [3.05, 3.63) is 46.1 Å². The van der Waals surface area contributed by atoms with Crippen LogP contribution in [0.15, 0.2) is 34.8 Å². The summed E-state index contributed by atoms with van der Waals surface area (Å²) in [4.78, 5) is 4.19. The zero-order valence-electron chi connectivity index (χ0n) is 9.24. The molecule has 0 aliphatic carbocycles. The Bertz CT molecular complexity index is 597. The molecule has 0 saturated carbocycles. The Hall–Kier alpha value is -1.86. The first kappa shape index (κ1) is 11.6. The molecule has 1 heterocycles. The standard InChI is InChI=1S/C13H10BrN3/c1-8-12(6-10(7-15)13(16)17-8)9-2-4-11(14)5-3-9/h2-6H,1H3,(H2,16,17). The van der Waals surface area contributed by atoms with Crippen molar-refractivity contribution in [2.45, 2.75) is 6.92 Å². The molecule has 84 valence electrons. The van der Waals surface area contributed by atoms with Crippen LogP contribution in [0.5, 0.6) is 0 Å². The predicted octanol–water partition coefficient (Wildman–Crippen LogP) is 3.27. The van der Waals surface area contributed by atoms with Gasteiger partial charge in [-0.25, -0.2) is 4.98 Å². The molecule has 0 bridgehead atoms. The van der Waals surface area contributed by atoms with E-state index in [0.29, 0.717) is 5.56 Å². The molecule has 0 unspecified atom stereocenters. The van der Waals surface area contributed by atoms with Crippen LogP contribution in [0.25, 0.3) is 11.1 Å². The van der Waals surface area contributed by atoms with E-state index < -0.39 is 0 Å². The van der Waals surface area contributed by atoms with Crippen molar-refractivity contribution in [2.75, 3.05) is 5.73 Å². The lowest BCUT2D eigenvalue weighted by molar-refractivity contribution is 1.20. The fraction of sp³-hybridized carbons (Fsp3) is 0.0769. The van der Waals surface area contributed by atoms with Crippen molar-refractivity contribution >= 4 is 21.7 Å². The molecular formula is C13H10BrN3. The van der Waals surface area contributed by atoms with Crippen molar-refractivity contribution < 1.29 is 0 Å². The molecule has 0 saturated heterocycles. The number of pyridine rings is 1. The van der Waals surface area contributed by atoms with Gasteiger partial charge in [0, 0.05) is 15.7 Å². The van der Waals surface area contributed by atoms with E-state index in [9.17, 15) is 0 Å². The fourth-order valence-electron chi connectivity index (χ4n) is 1.64. The maximum atomic E-state index is 8.95. The molecule has 1 aromatic carbocycles. The third kappa shape index (κ3) is 2.29. The number of hydrogen-bond acceptors (Lipinski definition) is 3. The van der Waals surface area contributed by atoms with Gasteiger partial charge in [-0.3, -0.25) is 0 Å². The highest BCUT2D eigenvalue weighted by Crippen LogP contribution is 2.26. The summed E-state index contributed by atoms with van der Waals surface area (Å²) in [6.45, 7) is 1.88. The van der Waals surface area contributed by atoms with Crippen LogP contribution < -0.4 is 5.73 Å². The van der Waals surface area contributed by atoms with Gasteiger partial charge in [-0.1, -0.05) is 28.1 Å². The molecule has 2 aromatic rings. The van der Waals surface area contributed by atoms with Crippen LogP contribution >= 0.6 is 15.9 Å². The monoisotopic (exact) mass is 287 g/mol. The molecule has 0 atom stereocenters. The number of hydrogen-bond donors (Lipinski definition) is 1. The summed E-state index contributed by atoms with van der Waals surface area (Å²) in [5.41, 5.74) is 8.85. The number of aromatic nitrogens is 1. The minimum absolute atomic E-state index is 0.283. The summed E-state index contributed by atoms with van der Waals surface area (Å²) in [6, 6.07) is 11.7. The lowest BCUT2D eigenvalue weighted by Crippen LogP contribution is -1.98. The summed E-state index contributed by atoms with van der Waals surface area (Å²) in [7, 11) is 0. The van der Waals surface area contributed by atoms with Crippen molar-refractivity contribution in [1.82, 2.24) is 4.98 Å². The van der Waals surface area contributed by atoms with Crippen LogP contribution in [0.3, 0.4) is 0 Å². The van der Waals surface area contributed by atoms with Crippen LogP contribution in [-0.2, 0) is 0 Å². The first-order chi connectivity index (χ1) is 8.11. The van der Waals surface area contributed by atoms with Gasteiger partial charge in [-0.15, -0.1) is 0 Å². The molecule has 2 N–H and O–H groups in total. The molecule has 0 amide bonds. The number of halogens is 1. The van der Waals surface area contributed by atoms with Gasteiger partial charge in [0.2, 0.25) is 0 Å². The maximum absolute atomic E-state index is 8.95. The van der Waals surface area contributed by atoms with Gasteiger partial charge < -0.3 is 5.73 Å². The van der Waals surface area contributed by atoms with Gasteiger partial charge in [0.05, 0.1) is 5.56 Å². The molecule has 3 nitrogen and oxygen atoms in total. The van der Waals surface area contributed by atoms with E-state index in [1.54, 1.807) is 6.07 Å². The Morgan fingerprint density at radius 3 is 2.53 bits per heavy atom. The van der Waals surface area contributed by atoms with Crippen molar-refractivity contribution in [2.24, 2.45) is 0 Å². The van der Waals surface area contributed by atoms with Gasteiger partial charge in [0.25, 0.3) is 0 Å². The van der Waals surface area contributed by atoms with Crippen LogP contribution in [-0.4, -0.2) is 4.98 Å². The second-order valence-corrected chi connectivity index (χ2v) is 4.59. The van der Waals surface area contributed by atoms with Crippen LogP contribution in [0, 0.1) is 18.3 Å². The highest BCUT2D eigenvalue weighted by atomic mass is 79.9. The summed E-state index contributed by atoms with van der Waals surface area (Å²) >= 11 is 3.39. The lowest BCUT2D eigenvalue weighted by Gasteiger charge is -2.07. The van der Waals surface area contributed by atoms with E-state index in [1.807, 2.05) is 37.3 Å². The van der Waals surface area contributed by atoms with Crippen molar-refractivity contribution in [3.63, 3.8) is 0 Å². The maximum Gasteiger partial charge on any atom is 0.141 e. The number of nitrogen functional groups attached to an aromatic ring is 1. The van der Waals surface area contributed by atoms with Crippen molar-refractivity contribution in [3.8, 4) is 17.2 Å². The summed E-state index contributed by atoms with van der Waals surface area (Å²) in [5.74, 6) is 0.283. The smallest absolute Gasteiger partial charge is 0.141 e. The normalized spacial score (nSPS) is 9.94. The molecular weight excluding hydrogens is 278 g/mol. The Morgan fingerprint density at radius 1 is 1.29 bits per heavy atom. The molecule has 0 aliphatic rings. The first-order valence-corrected chi connectivity index (χ1v) is 5.84. The Kier molecular flexibility index (Phi) is 3.12. The van der Waals surface area contributed by atoms with E-state index in [0.717, 1.165) is 21.3 Å². The molecule has 4 heteroatoms. The zero-order valence-corrected chi connectivity index (χ0v) is 10.8. The highest BCUT2D eigenvalue weighted by molar-refractivity contribution is 9.10. The van der Waals surface area contributed by atoms with Gasteiger partial charge in [-0.05, 0) is 30.7 Å². The van der Waals surface area contributed by atoms with E-state index in [-0.39, 0.29) is 5.82 Å². The zero-order chi connectivity index (χ0) is 12.4. The van der Waals surface area contributed by atoms with Gasteiger partial charge in [-0.2, -0.15) is 5.26 Å². The number of aryl methyl sites for hydroxylation is 1. The highest BCUT2D eigenvalue weighted by Gasteiger charge is 2.08. The summed E-state index contributed by atoms with van der Waals surface area (Å²) < 4.78 is 1.02. The average molecular weight is 288 g/mol. The number of nitriles is 1. The fourth-order valence-corrected chi connectivity index (χ4v) is 1.90. The molecule has 0 aliphatic heterocycles. The third-order valence-corrected chi connectivity index (χ3v) is 3.05. The SMILES string of the molecule is Cc1nc(N)c(C#N)cc1-c1ccc(Br)cc1. The second kappa shape index (κ2) is 4.56. The lowest BCUT2D eigenvalue weighted by atomic mass is 10.0. The van der Waals surface area contributed by atoms with E-state index in [2.05, 4.69) is 20.9 Å². The molecule has 2 rings (SSSR count). The molecule has 0 fully saturated rings. The Labute approximate surface area is 108 Å². The van der Waals surface area contributed by atoms with Gasteiger partial charge in [0.1, 0.15) is 11.9 Å². The predicted molar refractivity (Wildman–Crippen MR) is 71.2 cm³/mol. The molecule has 0 radical (unpaired) electrons. The summed E-state index contributed by atoms with van der Waals surface area (Å²) in [6.07, 6.45) is 0. The Balaban J connectivity index is 2.60. The van der Waals surface area contributed by atoms with Gasteiger partial charge >= 0.3 is 0 Å². The third-order valence-electron chi connectivity index (χ3n) is 2.52. The number of benzene rings is 1. The minimum Gasteiger partial charge on any atom is -0.383 e. The quantitative estimate of drug-likeness (QED) is 0.876. The number of nitrogens with zero attached hydrogens (tertiary/aromatic N) is 2. The molecule has 17 heavy (non-hydrogen) atoms. The first-order valence-electron chi connectivity index (χ1n) is 5.05. The number of anilines is 1. The van der Waals surface area contributed by atoms with Crippen LogP contribution in [0.1, 0.15) is 11.3 Å².